The van der Waals surface area contributed by atoms with Crippen molar-refractivity contribution >= 4 is 20.4 Å². The maximum absolute atomic E-state index is 7.75. The van der Waals surface area contributed by atoms with Crippen LogP contribution in [0, 0.1) is 0 Å². The molecule has 1 radical (unpaired) electrons. The third-order valence-corrected chi connectivity index (χ3v) is 1.59. The van der Waals surface area contributed by atoms with Gasteiger partial charge in [0, 0.05) is 32.8 Å². The van der Waals surface area contributed by atoms with Gasteiger partial charge in [-0.25, -0.2) is 0 Å². The van der Waals surface area contributed by atoms with Crippen LogP contribution in [0.4, 0.5) is 0 Å². The second-order valence-electron chi connectivity index (χ2n) is 2.43. The molecule has 7 heteroatoms. The molecule has 0 bridgehead atoms. The largest absolute Gasteiger partial charge is 0.545 e. The fraction of sp³-hybridized carbons (Fsp3) is 0. The van der Waals surface area contributed by atoms with E-state index >= 15 is 0 Å². The molecule has 0 saturated carbocycles. The number of pyridine rings is 2. The van der Waals surface area contributed by atoms with Gasteiger partial charge in [-0.3, -0.25) is 30.3 Å². The zero-order chi connectivity index (χ0) is 14.2. The Hall–Kier alpha value is -2.07. The number of hydrogen-bond acceptors (Lipinski definition) is 5. The second-order valence-corrected chi connectivity index (χ2v) is 2.43. The molecule has 109 valence electrons. The van der Waals surface area contributed by atoms with Crippen LogP contribution in [-0.4, -0.2) is 35.8 Å². The molecular formula is C13H13N2O4Re-3. The summed E-state index contributed by atoms with van der Waals surface area (Å²) >= 11 is 0. The quantitative estimate of drug-likeness (QED) is 0.467. The average Bonchev–Trinajstić information content (AvgIpc) is 2.55. The van der Waals surface area contributed by atoms with Gasteiger partial charge in [0.05, 0.1) is 11.4 Å². The summed E-state index contributed by atoms with van der Waals surface area (Å²) in [5, 5.41) is 0. The number of nitrogens with zero attached hydrogens (tertiary/aromatic N) is 2. The van der Waals surface area contributed by atoms with Crippen LogP contribution in [0.2, 0.25) is 0 Å². The molecule has 20 heavy (non-hydrogen) atoms. The molecule has 2 heterocycles. The standard InChI is InChI=1S/C10H8N2.3CHO.H2O.Re/c1-3-7-11-9(5-1)10-6-2-4-8-12-10;3*1-2;;/h1-8H;3*1H;1H2;/q;3*-1;;. The van der Waals surface area contributed by atoms with Gasteiger partial charge in [0.25, 0.3) is 0 Å². The Kier molecular flexibility index (Phi) is 29.3. The zero-order valence-corrected chi connectivity index (χ0v) is 13.1. The molecule has 0 unspecified atom stereocenters. The molecule has 2 rings (SSSR count). The van der Waals surface area contributed by atoms with E-state index in [1.54, 1.807) is 12.4 Å². The Bertz CT molecular complexity index is 361. The molecule has 0 aliphatic heterocycles. The van der Waals surface area contributed by atoms with Gasteiger partial charge in [-0.15, -0.1) is 0 Å². The van der Waals surface area contributed by atoms with Crippen LogP contribution >= 0.6 is 0 Å². The van der Waals surface area contributed by atoms with Crippen molar-refractivity contribution in [1.82, 2.24) is 9.97 Å². The van der Waals surface area contributed by atoms with Crippen LogP contribution in [0.15, 0.2) is 48.8 Å². The summed E-state index contributed by atoms with van der Waals surface area (Å²) in [6.45, 7) is 9.75. The molecule has 0 fully saturated rings. The first-order valence-electron chi connectivity index (χ1n) is 4.50. The first kappa shape index (κ1) is 26.5. The van der Waals surface area contributed by atoms with Crippen LogP contribution in [0.1, 0.15) is 0 Å². The molecule has 0 aliphatic rings. The minimum Gasteiger partial charge on any atom is -0.545 e. The van der Waals surface area contributed by atoms with Crippen LogP contribution < -0.4 is 0 Å². The van der Waals surface area contributed by atoms with Crippen LogP contribution in [0.5, 0.6) is 0 Å². The fourth-order valence-corrected chi connectivity index (χ4v) is 1.03. The van der Waals surface area contributed by atoms with Crippen molar-refractivity contribution in [3.63, 3.8) is 0 Å². The van der Waals surface area contributed by atoms with E-state index in [0.29, 0.717) is 0 Å². The Morgan fingerprint density at radius 2 is 0.950 bits per heavy atom. The third kappa shape index (κ3) is 11.0. The number of rotatable bonds is 1. The average molecular weight is 447 g/mol. The predicted molar refractivity (Wildman–Crippen MR) is 71.3 cm³/mol. The molecule has 0 saturated heterocycles. The van der Waals surface area contributed by atoms with E-state index in [0.717, 1.165) is 11.4 Å². The summed E-state index contributed by atoms with van der Waals surface area (Å²) in [6.07, 6.45) is 3.54. The van der Waals surface area contributed by atoms with Gasteiger partial charge in [-0.1, -0.05) is 12.1 Å². The molecule has 6 nitrogen and oxygen atoms in total. The molecule has 0 amide bonds. The van der Waals surface area contributed by atoms with Crippen molar-refractivity contribution < 1.29 is 40.3 Å². The maximum atomic E-state index is 7.75. The molecule has 2 N–H and O–H groups in total. The van der Waals surface area contributed by atoms with Crippen LogP contribution in [-0.2, 0) is 34.8 Å². The number of carbonyl (C=O) groups excluding carboxylic acids is 3. The maximum Gasteiger partial charge on any atom is 0.0886 e. The van der Waals surface area contributed by atoms with E-state index in [9.17, 15) is 0 Å². The second kappa shape index (κ2) is 22.1. The normalized spacial score (nSPS) is 6.40. The van der Waals surface area contributed by atoms with Gasteiger partial charge in [-0.05, 0) is 24.3 Å². The first-order valence-corrected chi connectivity index (χ1v) is 4.50. The van der Waals surface area contributed by atoms with Crippen molar-refractivity contribution in [2.45, 2.75) is 0 Å². The Balaban J connectivity index is -0.000000143. The minimum absolute atomic E-state index is 0. The van der Waals surface area contributed by atoms with Crippen molar-refractivity contribution in [3.05, 3.63) is 48.8 Å². The summed E-state index contributed by atoms with van der Waals surface area (Å²) in [5.74, 6) is 0. The molecule has 0 spiro atoms. The van der Waals surface area contributed by atoms with Crippen molar-refractivity contribution in [2.24, 2.45) is 0 Å². The van der Waals surface area contributed by atoms with E-state index in [4.69, 9.17) is 14.4 Å². The van der Waals surface area contributed by atoms with Crippen LogP contribution in [0.3, 0.4) is 0 Å². The van der Waals surface area contributed by atoms with Crippen molar-refractivity contribution in [1.29, 1.82) is 0 Å². The Morgan fingerprint density at radius 3 is 1.15 bits per heavy atom. The predicted octanol–water partition coefficient (Wildman–Crippen LogP) is 0.494. The smallest absolute Gasteiger partial charge is 0.0886 e. The molecule has 0 aromatic carbocycles. The molecule has 0 aliphatic carbocycles. The monoisotopic (exact) mass is 448 g/mol. The summed E-state index contributed by atoms with van der Waals surface area (Å²) in [5.41, 5.74) is 1.83. The van der Waals surface area contributed by atoms with E-state index in [1.807, 2.05) is 36.4 Å². The molecule has 2 aromatic heterocycles. The first-order chi connectivity index (χ1) is 8.97. The molecule has 0 atom stereocenters. The Morgan fingerprint density at radius 1 is 0.650 bits per heavy atom. The zero-order valence-electron chi connectivity index (χ0n) is 10.3. The molecular weight excluding hydrogens is 434 g/mol. The topological polar surface area (TPSA) is 108 Å². The van der Waals surface area contributed by atoms with E-state index in [-0.39, 0.29) is 25.9 Å². The number of aromatic nitrogens is 2. The summed E-state index contributed by atoms with van der Waals surface area (Å²) in [4.78, 5) is 31.6. The summed E-state index contributed by atoms with van der Waals surface area (Å²) < 4.78 is 0. The fourth-order valence-electron chi connectivity index (χ4n) is 1.03. The Labute approximate surface area is 131 Å². The summed E-state index contributed by atoms with van der Waals surface area (Å²) in [7, 11) is 0. The molecule has 2 aromatic rings. The van der Waals surface area contributed by atoms with Crippen molar-refractivity contribution in [2.75, 3.05) is 0 Å². The van der Waals surface area contributed by atoms with Gasteiger partial charge >= 0.3 is 0 Å². The summed E-state index contributed by atoms with van der Waals surface area (Å²) in [6, 6.07) is 11.6. The third-order valence-electron chi connectivity index (χ3n) is 1.59. The SMILES string of the molecule is O.[CH-]=O.[CH-]=O.[CH-]=O.[Re].c1ccc(-c2ccccn2)nc1. The van der Waals surface area contributed by atoms with E-state index < -0.39 is 0 Å². The van der Waals surface area contributed by atoms with Gasteiger partial charge in [-0.2, -0.15) is 0 Å². The van der Waals surface area contributed by atoms with Gasteiger partial charge in [0.15, 0.2) is 0 Å². The van der Waals surface area contributed by atoms with Gasteiger partial charge in [0.1, 0.15) is 0 Å². The van der Waals surface area contributed by atoms with Gasteiger partial charge < -0.3 is 19.9 Å². The number of hydrogen-bond donors (Lipinski definition) is 0. The van der Waals surface area contributed by atoms with Gasteiger partial charge in [0.2, 0.25) is 0 Å². The van der Waals surface area contributed by atoms with E-state index in [2.05, 4.69) is 30.3 Å². The minimum atomic E-state index is 0. The van der Waals surface area contributed by atoms with E-state index in [1.165, 1.54) is 0 Å². The van der Waals surface area contributed by atoms with Crippen molar-refractivity contribution in [3.8, 4) is 11.4 Å². The van der Waals surface area contributed by atoms with Crippen LogP contribution in [0.25, 0.3) is 11.4 Å².